The Morgan fingerprint density at radius 3 is 2.38 bits per heavy atom. The van der Waals surface area contributed by atoms with Gasteiger partial charge in [0.2, 0.25) is 5.91 Å². The molecule has 24 heavy (non-hydrogen) atoms. The molecule has 0 aliphatic heterocycles. The Bertz CT molecular complexity index is 668. The zero-order valence-electron chi connectivity index (χ0n) is 13.6. The van der Waals surface area contributed by atoms with Gasteiger partial charge in [0, 0.05) is 12.1 Å². The summed E-state index contributed by atoms with van der Waals surface area (Å²) in [6, 6.07) is 16.6. The molecule has 0 aliphatic rings. The third-order valence-electron chi connectivity index (χ3n) is 3.62. The van der Waals surface area contributed by atoms with Crippen LogP contribution in [-0.2, 0) is 9.59 Å². The van der Waals surface area contributed by atoms with Gasteiger partial charge in [-0.05, 0) is 43.2 Å². The Kier molecular flexibility index (Phi) is 6.37. The Morgan fingerprint density at radius 1 is 1.08 bits per heavy atom. The molecule has 2 rings (SSSR count). The molecule has 5 nitrogen and oxygen atoms in total. The minimum Gasteiger partial charge on any atom is -0.494 e. The summed E-state index contributed by atoms with van der Waals surface area (Å²) in [6.07, 6.45) is 0.550. The molecule has 0 unspecified atom stereocenters. The van der Waals surface area contributed by atoms with Crippen molar-refractivity contribution in [2.24, 2.45) is 0 Å². The number of aliphatic carboxylic acids is 1. The number of amides is 1. The molecule has 0 aliphatic carbocycles. The van der Waals surface area contributed by atoms with E-state index < -0.39 is 5.97 Å². The van der Waals surface area contributed by atoms with Gasteiger partial charge in [0.15, 0.2) is 0 Å². The van der Waals surface area contributed by atoms with Crippen molar-refractivity contribution in [3.8, 4) is 5.75 Å². The topological polar surface area (TPSA) is 75.6 Å². The Hall–Kier alpha value is -2.82. The molecule has 0 fully saturated rings. The number of rotatable bonds is 8. The van der Waals surface area contributed by atoms with Gasteiger partial charge in [-0.3, -0.25) is 9.59 Å². The molecule has 0 spiro atoms. The predicted molar refractivity (Wildman–Crippen MR) is 92.3 cm³/mol. The van der Waals surface area contributed by atoms with E-state index in [0.29, 0.717) is 24.5 Å². The largest absolute Gasteiger partial charge is 0.494 e. The van der Waals surface area contributed by atoms with Gasteiger partial charge in [0.1, 0.15) is 5.75 Å². The highest BCUT2D eigenvalue weighted by Crippen LogP contribution is 2.20. The molecule has 1 atom stereocenters. The highest BCUT2D eigenvalue weighted by atomic mass is 16.5. The molecule has 0 radical (unpaired) electrons. The summed E-state index contributed by atoms with van der Waals surface area (Å²) in [5.74, 6) is -0.492. The van der Waals surface area contributed by atoms with Gasteiger partial charge in [-0.2, -0.15) is 0 Å². The average Bonchev–Trinajstić information content (AvgIpc) is 2.60. The van der Waals surface area contributed by atoms with Crippen molar-refractivity contribution in [1.82, 2.24) is 0 Å². The maximum atomic E-state index is 12.3. The van der Waals surface area contributed by atoms with Crippen LogP contribution in [0.15, 0.2) is 54.6 Å². The Labute approximate surface area is 141 Å². The van der Waals surface area contributed by atoms with Crippen molar-refractivity contribution < 1.29 is 19.4 Å². The quantitative estimate of drug-likeness (QED) is 0.725. The first-order valence-corrected chi connectivity index (χ1v) is 7.86. The monoisotopic (exact) mass is 327 g/mol. The van der Waals surface area contributed by atoms with E-state index in [1.54, 1.807) is 24.3 Å². The number of hydrogen-bond acceptors (Lipinski definition) is 3. The SMILES string of the molecule is C[C@@H](C(=O)Nc1ccc(OCCCC(=O)O)cc1)c1ccccc1. The van der Waals surface area contributed by atoms with Crippen LogP contribution < -0.4 is 10.1 Å². The van der Waals surface area contributed by atoms with E-state index in [1.807, 2.05) is 37.3 Å². The number of hydrogen-bond donors (Lipinski definition) is 2. The molecular weight excluding hydrogens is 306 g/mol. The van der Waals surface area contributed by atoms with Gasteiger partial charge in [-0.25, -0.2) is 0 Å². The minimum absolute atomic E-state index is 0.0728. The van der Waals surface area contributed by atoms with Crippen molar-refractivity contribution in [2.45, 2.75) is 25.7 Å². The molecule has 0 bridgehead atoms. The van der Waals surface area contributed by atoms with Crippen LogP contribution in [0, 0.1) is 0 Å². The molecule has 1 amide bonds. The fraction of sp³-hybridized carbons (Fsp3) is 0.263. The first-order valence-electron chi connectivity index (χ1n) is 7.86. The van der Waals surface area contributed by atoms with E-state index in [1.165, 1.54) is 0 Å². The summed E-state index contributed by atoms with van der Waals surface area (Å²) in [5, 5.41) is 11.4. The molecule has 2 aromatic rings. The second-order valence-electron chi connectivity index (χ2n) is 5.49. The normalized spacial score (nSPS) is 11.5. The molecule has 0 heterocycles. The zero-order valence-corrected chi connectivity index (χ0v) is 13.6. The number of benzene rings is 2. The summed E-state index contributed by atoms with van der Waals surface area (Å²) in [4.78, 5) is 22.7. The highest BCUT2D eigenvalue weighted by Gasteiger charge is 2.14. The molecule has 5 heteroatoms. The van der Waals surface area contributed by atoms with Crippen LogP contribution in [0.1, 0.15) is 31.2 Å². The standard InChI is InChI=1S/C19H21NO4/c1-14(15-6-3-2-4-7-15)19(23)20-16-9-11-17(12-10-16)24-13-5-8-18(21)22/h2-4,6-7,9-12,14H,5,8,13H2,1H3,(H,20,23)(H,21,22)/t14-/m1/s1. The van der Waals surface area contributed by atoms with Gasteiger partial charge in [0.05, 0.1) is 12.5 Å². The third-order valence-corrected chi connectivity index (χ3v) is 3.62. The maximum Gasteiger partial charge on any atom is 0.303 e. The maximum absolute atomic E-state index is 12.3. The second kappa shape index (κ2) is 8.72. The fourth-order valence-corrected chi connectivity index (χ4v) is 2.19. The molecule has 126 valence electrons. The lowest BCUT2D eigenvalue weighted by Gasteiger charge is -2.13. The van der Waals surface area contributed by atoms with Gasteiger partial charge >= 0.3 is 5.97 Å². The Balaban J connectivity index is 1.85. The summed E-state index contributed by atoms with van der Waals surface area (Å²) in [6.45, 7) is 2.22. The zero-order chi connectivity index (χ0) is 17.4. The van der Waals surface area contributed by atoms with Crippen LogP contribution >= 0.6 is 0 Å². The van der Waals surface area contributed by atoms with Gasteiger partial charge in [0.25, 0.3) is 0 Å². The van der Waals surface area contributed by atoms with Crippen LogP contribution in [0.4, 0.5) is 5.69 Å². The lowest BCUT2D eigenvalue weighted by atomic mass is 10.0. The van der Waals surface area contributed by atoms with Crippen molar-refractivity contribution in [3.63, 3.8) is 0 Å². The minimum atomic E-state index is -0.829. The third kappa shape index (κ3) is 5.43. The van der Waals surface area contributed by atoms with Crippen molar-refractivity contribution in [2.75, 3.05) is 11.9 Å². The lowest BCUT2D eigenvalue weighted by Crippen LogP contribution is -2.18. The van der Waals surface area contributed by atoms with Gasteiger partial charge in [-0.1, -0.05) is 30.3 Å². The molecular formula is C19H21NO4. The first kappa shape index (κ1) is 17.5. The first-order chi connectivity index (χ1) is 11.6. The van der Waals surface area contributed by atoms with Crippen molar-refractivity contribution in [1.29, 1.82) is 0 Å². The van der Waals surface area contributed by atoms with Crippen LogP contribution in [0.5, 0.6) is 5.75 Å². The highest BCUT2D eigenvalue weighted by molar-refractivity contribution is 5.95. The number of carbonyl (C=O) groups excluding carboxylic acids is 1. The van der Waals surface area contributed by atoms with E-state index in [9.17, 15) is 9.59 Å². The van der Waals surface area contributed by atoms with Gasteiger partial charge in [-0.15, -0.1) is 0 Å². The van der Waals surface area contributed by atoms with Crippen molar-refractivity contribution >= 4 is 17.6 Å². The number of carboxylic acid groups (broad SMARTS) is 1. The molecule has 2 N–H and O–H groups in total. The van der Waals surface area contributed by atoms with Gasteiger partial charge < -0.3 is 15.2 Å². The van der Waals surface area contributed by atoms with Crippen LogP contribution in [-0.4, -0.2) is 23.6 Å². The van der Waals surface area contributed by atoms with Crippen LogP contribution in [0.3, 0.4) is 0 Å². The lowest BCUT2D eigenvalue weighted by molar-refractivity contribution is -0.137. The molecule has 0 saturated carbocycles. The summed E-state index contributed by atoms with van der Waals surface area (Å²) in [7, 11) is 0. The molecule has 2 aromatic carbocycles. The van der Waals surface area contributed by atoms with E-state index in [4.69, 9.17) is 9.84 Å². The summed E-state index contributed by atoms with van der Waals surface area (Å²) >= 11 is 0. The summed E-state index contributed by atoms with van der Waals surface area (Å²) < 4.78 is 5.46. The van der Waals surface area contributed by atoms with Crippen molar-refractivity contribution in [3.05, 3.63) is 60.2 Å². The van der Waals surface area contributed by atoms with E-state index in [2.05, 4.69) is 5.32 Å². The predicted octanol–water partition coefficient (Wildman–Crippen LogP) is 3.67. The fourth-order valence-electron chi connectivity index (χ4n) is 2.19. The number of ether oxygens (including phenoxy) is 1. The van der Waals surface area contributed by atoms with Crippen LogP contribution in [0.25, 0.3) is 0 Å². The number of anilines is 1. The van der Waals surface area contributed by atoms with E-state index >= 15 is 0 Å². The number of carboxylic acids is 1. The van der Waals surface area contributed by atoms with E-state index in [0.717, 1.165) is 5.56 Å². The number of nitrogens with one attached hydrogen (secondary N) is 1. The van der Waals surface area contributed by atoms with Crippen LogP contribution in [0.2, 0.25) is 0 Å². The summed E-state index contributed by atoms with van der Waals surface area (Å²) in [5.41, 5.74) is 1.66. The Morgan fingerprint density at radius 2 is 1.75 bits per heavy atom. The second-order valence-corrected chi connectivity index (χ2v) is 5.49. The number of carbonyl (C=O) groups is 2. The molecule has 0 aromatic heterocycles. The average molecular weight is 327 g/mol. The van der Waals surface area contributed by atoms with E-state index in [-0.39, 0.29) is 18.2 Å². The molecule has 0 saturated heterocycles. The smallest absolute Gasteiger partial charge is 0.303 e.